The highest BCUT2D eigenvalue weighted by Crippen LogP contribution is 2.25. The van der Waals surface area contributed by atoms with E-state index >= 15 is 0 Å². The third-order valence-electron chi connectivity index (χ3n) is 4.45. The molecule has 0 saturated carbocycles. The van der Waals surface area contributed by atoms with Gasteiger partial charge in [0.05, 0.1) is 4.70 Å². The summed E-state index contributed by atoms with van der Waals surface area (Å²) >= 11 is 1.44. The van der Waals surface area contributed by atoms with Gasteiger partial charge >= 0.3 is 0 Å². The van der Waals surface area contributed by atoms with Crippen molar-refractivity contribution in [1.82, 2.24) is 15.0 Å². The maximum Gasteiger partial charge on any atom is 0.247 e. The number of carbonyl (C=O) groups is 2. The molecule has 0 aliphatic carbocycles. The number of benzene rings is 2. The first-order valence-electron chi connectivity index (χ1n) is 9.58. The van der Waals surface area contributed by atoms with Gasteiger partial charge in [-0.05, 0) is 29.2 Å². The van der Waals surface area contributed by atoms with Gasteiger partial charge in [0.15, 0.2) is 0 Å². The van der Waals surface area contributed by atoms with Crippen LogP contribution in [0.25, 0.3) is 10.1 Å². The van der Waals surface area contributed by atoms with Crippen molar-refractivity contribution in [1.29, 1.82) is 0 Å². The van der Waals surface area contributed by atoms with Crippen LogP contribution in [0.3, 0.4) is 0 Å². The van der Waals surface area contributed by atoms with Gasteiger partial charge < -0.3 is 16.0 Å². The molecule has 1 unspecified atom stereocenters. The molecule has 7 heteroatoms. The summed E-state index contributed by atoms with van der Waals surface area (Å²) in [6.07, 6.45) is 0. The van der Waals surface area contributed by atoms with Gasteiger partial charge in [-0.3, -0.25) is 9.59 Å². The number of nitrogens with one attached hydrogen (secondary N) is 3. The van der Waals surface area contributed by atoms with Gasteiger partial charge in [0.25, 0.3) is 0 Å². The number of amides is 2. The molecule has 2 aromatic carbocycles. The van der Waals surface area contributed by atoms with E-state index in [9.17, 15) is 9.59 Å². The Morgan fingerprint density at radius 2 is 1.69 bits per heavy atom. The molecule has 6 nitrogen and oxygen atoms in total. The molecule has 0 radical (unpaired) electrons. The highest BCUT2D eigenvalue weighted by molar-refractivity contribution is 7.13. The van der Waals surface area contributed by atoms with E-state index in [4.69, 9.17) is 0 Å². The molecule has 0 aliphatic rings. The fourth-order valence-electron chi connectivity index (χ4n) is 2.78. The molecule has 3 aromatic rings. The zero-order valence-electron chi connectivity index (χ0n) is 16.9. The van der Waals surface area contributed by atoms with Crippen LogP contribution in [0.2, 0.25) is 0 Å². The van der Waals surface area contributed by atoms with Gasteiger partial charge in [0.2, 0.25) is 11.8 Å². The van der Waals surface area contributed by atoms with E-state index < -0.39 is 11.5 Å². The fourth-order valence-corrected chi connectivity index (χ4v) is 3.53. The number of nitrogens with zero attached hydrogens (tertiary/aromatic N) is 1. The molecule has 0 aliphatic heterocycles. The largest absolute Gasteiger partial charge is 0.367 e. The van der Waals surface area contributed by atoms with E-state index in [-0.39, 0.29) is 11.8 Å². The predicted octanol–water partition coefficient (Wildman–Crippen LogP) is 3.73. The first-order chi connectivity index (χ1) is 13.9. The van der Waals surface area contributed by atoms with Crippen molar-refractivity contribution in [3.8, 4) is 0 Å². The van der Waals surface area contributed by atoms with Crippen LogP contribution in [0.4, 0.5) is 5.82 Å². The van der Waals surface area contributed by atoms with Crippen LogP contribution in [0.5, 0.6) is 0 Å². The quantitative estimate of drug-likeness (QED) is 0.518. The number of hydrogen-bond donors (Lipinski definition) is 3. The molecular formula is C22H26N4O2S. The van der Waals surface area contributed by atoms with Crippen LogP contribution >= 0.6 is 11.5 Å². The van der Waals surface area contributed by atoms with Crippen LogP contribution in [-0.2, 0) is 9.59 Å². The molecule has 152 valence electrons. The summed E-state index contributed by atoms with van der Waals surface area (Å²) in [5.41, 5.74) is 0.168. The van der Waals surface area contributed by atoms with E-state index in [0.717, 1.165) is 21.5 Å². The highest BCUT2D eigenvalue weighted by atomic mass is 32.1. The van der Waals surface area contributed by atoms with Gasteiger partial charge in [-0.2, -0.15) is 4.37 Å². The average molecular weight is 411 g/mol. The Balaban J connectivity index is 1.60. The Hall–Kier alpha value is -2.93. The standard InChI is InChI=1S/C22H26N4O2S/c1-22(2,3)21(28)25-18(15-9-5-4-6-10-15)20(27)24-14-13-23-19-16-11-7-8-12-17(16)29-26-19/h4-12,18H,13-14H2,1-3H3,(H,23,26)(H,24,27)(H,25,28). The number of aromatic nitrogens is 1. The molecule has 2 amide bonds. The predicted molar refractivity (Wildman–Crippen MR) is 118 cm³/mol. The third-order valence-corrected chi connectivity index (χ3v) is 5.27. The maximum absolute atomic E-state index is 12.8. The molecule has 1 aromatic heterocycles. The van der Waals surface area contributed by atoms with Crippen molar-refractivity contribution in [2.45, 2.75) is 26.8 Å². The van der Waals surface area contributed by atoms with Crippen LogP contribution < -0.4 is 16.0 Å². The van der Waals surface area contributed by atoms with Crippen molar-refractivity contribution in [3.05, 3.63) is 60.2 Å². The van der Waals surface area contributed by atoms with Crippen molar-refractivity contribution < 1.29 is 9.59 Å². The average Bonchev–Trinajstić information content (AvgIpc) is 3.12. The number of anilines is 1. The molecular weight excluding hydrogens is 384 g/mol. The summed E-state index contributed by atoms with van der Waals surface area (Å²) in [6, 6.07) is 16.6. The Morgan fingerprint density at radius 3 is 2.41 bits per heavy atom. The highest BCUT2D eigenvalue weighted by Gasteiger charge is 2.28. The molecule has 1 heterocycles. The number of rotatable bonds is 7. The molecule has 3 N–H and O–H groups in total. The van der Waals surface area contributed by atoms with E-state index in [2.05, 4.69) is 20.3 Å². The maximum atomic E-state index is 12.8. The second kappa shape index (κ2) is 9.05. The summed E-state index contributed by atoms with van der Waals surface area (Å²) in [4.78, 5) is 25.3. The molecule has 29 heavy (non-hydrogen) atoms. The van der Waals surface area contributed by atoms with Crippen LogP contribution in [-0.4, -0.2) is 29.3 Å². The normalized spacial score (nSPS) is 12.4. The number of carbonyl (C=O) groups excluding carboxylic acids is 2. The van der Waals surface area contributed by atoms with Crippen molar-refractivity contribution in [2.75, 3.05) is 18.4 Å². The first kappa shape index (κ1) is 20.8. The van der Waals surface area contributed by atoms with E-state index in [1.807, 2.05) is 75.4 Å². The van der Waals surface area contributed by atoms with Gasteiger partial charge in [0.1, 0.15) is 11.9 Å². The Kier molecular flexibility index (Phi) is 6.49. The second-order valence-corrected chi connectivity index (χ2v) is 8.62. The van der Waals surface area contributed by atoms with E-state index in [1.54, 1.807) is 0 Å². The fraction of sp³-hybridized carbons (Fsp3) is 0.318. The lowest BCUT2D eigenvalue weighted by Crippen LogP contribution is -2.45. The van der Waals surface area contributed by atoms with Gasteiger partial charge in [-0.25, -0.2) is 0 Å². The summed E-state index contributed by atoms with van der Waals surface area (Å²) in [7, 11) is 0. The molecule has 1 atom stereocenters. The number of hydrogen-bond acceptors (Lipinski definition) is 5. The minimum absolute atomic E-state index is 0.173. The lowest BCUT2D eigenvalue weighted by Gasteiger charge is -2.24. The Morgan fingerprint density at radius 1 is 1.00 bits per heavy atom. The van der Waals surface area contributed by atoms with Crippen molar-refractivity contribution in [3.63, 3.8) is 0 Å². The van der Waals surface area contributed by atoms with Gasteiger partial charge in [-0.1, -0.05) is 63.2 Å². The summed E-state index contributed by atoms with van der Waals surface area (Å²) in [5.74, 6) is 0.410. The third kappa shape index (κ3) is 5.32. The first-order valence-corrected chi connectivity index (χ1v) is 10.4. The van der Waals surface area contributed by atoms with Crippen LogP contribution in [0.1, 0.15) is 32.4 Å². The Bertz CT molecular complexity index is 979. The SMILES string of the molecule is CC(C)(C)C(=O)NC(C(=O)NCCNc1nsc2ccccc12)c1ccccc1. The van der Waals surface area contributed by atoms with Crippen LogP contribution in [0, 0.1) is 5.41 Å². The number of fused-ring (bicyclic) bond motifs is 1. The Labute approximate surface area is 174 Å². The van der Waals surface area contributed by atoms with Crippen molar-refractivity contribution in [2.24, 2.45) is 5.41 Å². The molecule has 0 saturated heterocycles. The van der Waals surface area contributed by atoms with Crippen LogP contribution in [0.15, 0.2) is 54.6 Å². The smallest absolute Gasteiger partial charge is 0.247 e. The van der Waals surface area contributed by atoms with E-state index in [0.29, 0.717) is 13.1 Å². The second-order valence-electron chi connectivity index (χ2n) is 7.81. The van der Waals surface area contributed by atoms with Gasteiger partial charge in [-0.15, -0.1) is 0 Å². The van der Waals surface area contributed by atoms with Gasteiger partial charge in [0, 0.05) is 23.9 Å². The zero-order valence-corrected chi connectivity index (χ0v) is 17.7. The minimum atomic E-state index is -0.733. The summed E-state index contributed by atoms with van der Waals surface area (Å²) in [5, 5.41) is 10.1. The molecule has 3 rings (SSSR count). The zero-order chi connectivity index (χ0) is 20.9. The summed E-state index contributed by atoms with van der Waals surface area (Å²) < 4.78 is 5.54. The molecule has 0 fully saturated rings. The topological polar surface area (TPSA) is 83.1 Å². The van der Waals surface area contributed by atoms with Crippen molar-refractivity contribution >= 4 is 39.3 Å². The minimum Gasteiger partial charge on any atom is -0.367 e. The van der Waals surface area contributed by atoms with E-state index in [1.165, 1.54) is 11.5 Å². The summed E-state index contributed by atoms with van der Waals surface area (Å²) in [6.45, 7) is 6.42. The monoisotopic (exact) mass is 410 g/mol. The molecule has 0 spiro atoms. The lowest BCUT2D eigenvalue weighted by atomic mass is 9.94. The lowest BCUT2D eigenvalue weighted by molar-refractivity contribution is -0.133. The molecule has 0 bridgehead atoms.